The van der Waals surface area contributed by atoms with E-state index >= 15 is 0 Å². The Labute approximate surface area is 106 Å². The van der Waals surface area contributed by atoms with Crippen LogP contribution < -0.4 is 5.32 Å². The van der Waals surface area contributed by atoms with E-state index in [1.165, 1.54) is 19.3 Å². The Morgan fingerprint density at radius 2 is 2.29 bits per heavy atom. The van der Waals surface area contributed by atoms with Gasteiger partial charge in [-0.1, -0.05) is 13.8 Å². The van der Waals surface area contributed by atoms with Gasteiger partial charge in [-0.15, -0.1) is 0 Å². The Kier molecular flexibility index (Phi) is 7.09. The minimum absolute atomic E-state index is 0.325. The molecule has 0 amide bonds. The molecule has 0 aliphatic carbocycles. The summed E-state index contributed by atoms with van der Waals surface area (Å²) in [6.45, 7) is 9.47. The average Bonchev–Trinajstić information content (AvgIpc) is 2.37. The summed E-state index contributed by atoms with van der Waals surface area (Å²) in [7, 11) is 1.78. The molecule has 1 rings (SSSR count). The van der Waals surface area contributed by atoms with E-state index in [1.807, 2.05) is 0 Å². The maximum absolute atomic E-state index is 5.74. The second-order valence-electron chi connectivity index (χ2n) is 5.38. The molecule has 1 aliphatic heterocycles. The smallest absolute Gasteiger partial charge is 0.0537 e. The second kappa shape index (κ2) is 8.06. The summed E-state index contributed by atoms with van der Waals surface area (Å²) in [5.74, 6) is 0.659. The third-order valence-electron chi connectivity index (χ3n) is 4.06. The van der Waals surface area contributed by atoms with Crippen LogP contribution in [-0.4, -0.2) is 40.0 Å². The van der Waals surface area contributed by atoms with Gasteiger partial charge in [0.1, 0.15) is 0 Å². The molecular weight excluding hydrogens is 214 g/mol. The third-order valence-corrected chi connectivity index (χ3v) is 4.06. The van der Waals surface area contributed by atoms with Gasteiger partial charge in [-0.25, -0.2) is 0 Å². The first kappa shape index (κ1) is 14.9. The van der Waals surface area contributed by atoms with Gasteiger partial charge in [0.15, 0.2) is 0 Å². The molecule has 2 atom stereocenters. The van der Waals surface area contributed by atoms with Crippen LogP contribution in [0.15, 0.2) is 0 Å². The molecule has 1 aliphatic rings. The van der Waals surface area contributed by atoms with Gasteiger partial charge >= 0.3 is 0 Å². The Bertz CT molecular complexity index is 191. The number of nitrogens with one attached hydrogen (secondary N) is 1. The molecule has 0 aromatic heterocycles. The largest absolute Gasteiger partial charge is 0.385 e. The molecule has 102 valence electrons. The Morgan fingerprint density at radius 3 is 2.88 bits per heavy atom. The molecule has 1 fully saturated rings. The van der Waals surface area contributed by atoms with Crippen LogP contribution in [-0.2, 0) is 9.47 Å². The van der Waals surface area contributed by atoms with E-state index < -0.39 is 0 Å². The number of ether oxygens (including phenoxy) is 2. The zero-order valence-corrected chi connectivity index (χ0v) is 11.8. The highest BCUT2D eigenvalue weighted by molar-refractivity contribution is 4.88. The van der Waals surface area contributed by atoms with E-state index in [1.54, 1.807) is 7.11 Å². The van der Waals surface area contributed by atoms with Gasteiger partial charge in [0.2, 0.25) is 0 Å². The molecule has 0 radical (unpaired) electrons. The van der Waals surface area contributed by atoms with Crippen LogP contribution in [0.4, 0.5) is 0 Å². The molecule has 0 aromatic rings. The maximum atomic E-state index is 5.74. The van der Waals surface area contributed by atoms with Crippen molar-refractivity contribution in [1.29, 1.82) is 0 Å². The Hall–Kier alpha value is -0.120. The van der Waals surface area contributed by atoms with Crippen molar-refractivity contribution in [1.82, 2.24) is 5.32 Å². The summed E-state index contributed by atoms with van der Waals surface area (Å²) < 4.78 is 10.9. The lowest BCUT2D eigenvalue weighted by Crippen LogP contribution is -2.46. The quantitative estimate of drug-likeness (QED) is 0.664. The fourth-order valence-electron chi connectivity index (χ4n) is 2.69. The topological polar surface area (TPSA) is 30.5 Å². The van der Waals surface area contributed by atoms with E-state index in [9.17, 15) is 0 Å². The van der Waals surface area contributed by atoms with E-state index in [-0.39, 0.29) is 0 Å². The highest BCUT2D eigenvalue weighted by Gasteiger charge is 2.37. The van der Waals surface area contributed by atoms with E-state index in [0.29, 0.717) is 11.3 Å². The van der Waals surface area contributed by atoms with Crippen LogP contribution in [0.25, 0.3) is 0 Å². The Morgan fingerprint density at radius 1 is 1.47 bits per heavy atom. The number of rotatable bonds is 8. The van der Waals surface area contributed by atoms with Crippen molar-refractivity contribution >= 4 is 0 Å². The monoisotopic (exact) mass is 243 g/mol. The lowest BCUT2D eigenvalue weighted by molar-refractivity contribution is -0.0435. The highest BCUT2D eigenvalue weighted by atomic mass is 16.5. The first-order valence-corrected chi connectivity index (χ1v) is 7.02. The molecule has 1 saturated heterocycles. The number of hydrogen-bond acceptors (Lipinski definition) is 3. The number of hydrogen-bond donors (Lipinski definition) is 1. The SMILES string of the molecule is CCCNCC1(C(C)CCOC)CCCOC1. The van der Waals surface area contributed by atoms with Gasteiger partial charge in [-0.3, -0.25) is 0 Å². The van der Waals surface area contributed by atoms with Crippen LogP contribution >= 0.6 is 0 Å². The molecule has 3 nitrogen and oxygen atoms in total. The summed E-state index contributed by atoms with van der Waals surface area (Å²) in [4.78, 5) is 0. The van der Waals surface area contributed by atoms with Crippen molar-refractivity contribution in [2.24, 2.45) is 11.3 Å². The molecule has 0 aromatic carbocycles. The molecule has 1 heterocycles. The summed E-state index contributed by atoms with van der Waals surface area (Å²) in [5, 5.41) is 3.58. The molecule has 3 heteroatoms. The van der Waals surface area contributed by atoms with E-state index in [0.717, 1.165) is 39.3 Å². The van der Waals surface area contributed by atoms with E-state index in [4.69, 9.17) is 9.47 Å². The van der Waals surface area contributed by atoms with Crippen LogP contribution in [0.2, 0.25) is 0 Å². The Balaban J connectivity index is 2.50. The molecule has 0 bridgehead atoms. The van der Waals surface area contributed by atoms with Crippen molar-refractivity contribution in [3.8, 4) is 0 Å². The molecule has 0 spiro atoms. The lowest BCUT2D eigenvalue weighted by Gasteiger charge is -2.42. The first-order chi connectivity index (χ1) is 8.25. The maximum Gasteiger partial charge on any atom is 0.0537 e. The molecule has 0 saturated carbocycles. The van der Waals surface area contributed by atoms with Crippen molar-refractivity contribution < 1.29 is 9.47 Å². The highest BCUT2D eigenvalue weighted by Crippen LogP contribution is 2.37. The zero-order chi connectivity index (χ0) is 12.6. The molecule has 17 heavy (non-hydrogen) atoms. The first-order valence-electron chi connectivity index (χ1n) is 7.02. The summed E-state index contributed by atoms with van der Waals surface area (Å²) >= 11 is 0. The van der Waals surface area contributed by atoms with Crippen molar-refractivity contribution in [3.05, 3.63) is 0 Å². The lowest BCUT2D eigenvalue weighted by atomic mass is 9.71. The fraction of sp³-hybridized carbons (Fsp3) is 1.00. The average molecular weight is 243 g/mol. The normalized spacial score (nSPS) is 27.0. The van der Waals surface area contributed by atoms with Crippen LogP contribution in [0, 0.1) is 11.3 Å². The van der Waals surface area contributed by atoms with Gasteiger partial charge in [-0.05, 0) is 38.1 Å². The summed E-state index contributed by atoms with van der Waals surface area (Å²) in [5.41, 5.74) is 0.325. The molecular formula is C14H29NO2. The predicted molar refractivity (Wildman–Crippen MR) is 71.3 cm³/mol. The summed E-state index contributed by atoms with van der Waals surface area (Å²) in [6, 6.07) is 0. The van der Waals surface area contributed by atoms with Crippen molar-refractivity contribution in [2.45, 2.75) is 39.5 Å². The number of methoxy groups -OCH3 is 1. The van der Waals surface area contributed by atoms with Crippen LogP contribution in [0.5, 0.6) is 0 Å². The third kappa shape index (κ3) is 4.57. The minimum atomic E-state index is 0.325. The molecule has 1 N–H and O–H groups in total. The van der Waals surface area contributed by atoms with E-state index in [2.05, 4.69) is 19.2 Å². The van der Waals surface area contributed by atoms with Crippen LogP contribution in [0.1, 0.15) is 39.5 Å². The standard InChI is InChI=1S/C14H29NO2/c1-4-8-15-11-14(7-5-9-17-12-14)13(2)6-10-16-3/h13,15H,4-12H2,1-3H3. The van der Waals surface area contributed by atoms with Gasteiger partial charge in [0, 0.05) is 32.3 Å². The zero-order valence-electron chi connectivity index (χ0n) is 11.8. The molecule has 2 unspecified atom stereocenters. The van der Waals surface area contributed by atoms with Crippen LogP contribution in [0.3, 0.4) is 0 Å². The second-order valence-corrected chi connectivity index (χ2v) is 5.38. The fourth-order valence-corrected chi connectivity index (χ4v) is 2.69. The van der Waals surface area contributed by atoms with Gasteiger partial charge in [0.25, 0.3) is 0 Å². The summed E-state index contributed by atoms with van der Waals surface area (Å²) in [6.07, 6.45) is 4.82. The van der Waals surface area contributed by atoms with Crippen molar-refractivity contribution in [3.63, 3.8) is 0 Å². The predicted octanol–water partition coefficient (Wildman–Crippen LogP) is 2.46. The van der Waals surface area contributed by atoms with Crippen molar-refractivity contribution in [2.75, 3.05) is 40.0 Å². The van der Waals surface area contributed by atoms with Gasteiger partial charge < -0.3 is 14.8 Å². The minimum Gasteiger partial charge on any atom is -0.385 e. The van der Waals surface area contributed by atoms with Gasteiger partial charge in [-0.2, -0.15) is 0 Å². The van der Waals surface area contributed by atoms with Gasteiger partial charge in [0.05, 0.1) is 6.61 Å².